The maximum absolute atomic E-state index is 12.5. The van der Waals surface area contributed by atoms with E-state index in [1.165, 1.54) is 10.4 Å². The lowest BCUT2D eigenvalue weighted by Gasteiger charge is -2.29. The summed E-state index contributed by atoms with van der Waals surface area (Å²) in [6, 6.07) is 8.12. The van der Waals surface area contributed by atoms with Crippen LogP contribution >= 0.6 is 0 Å². The standard InChI is InChI=1S/C18H27N5O2/c1-15(25-2)4-3-11-23-18(24)22(14-20-23)17-7-5-16(6-8-17)21-12-9-19-10-13-21/h5-8,14-15,19H,3-4,9-13H2,1-2H3. The Morgan fingerprint density at radius 3 is 2.56 bits per heavy atom. The van der Waals surface area contributed by atoms with E-state index in [0.29, 0.717) is 6.54 Å². The minimum Gasteiger partial charge on any atom is -0.382 e. The summed E-state index contributed by atoms with van der Waals surface area (Å²) >= 11 is 0. The highest BCUT2D eigenvalue weighted by atomic mass is 16.5. The predicted molar refractivity (Wildman–Crippen MR) is 98.6 cm³/mol. The van der Waals surface area contributed by atoms with Gasteiger partial charge in [0.15, 0.2) is 0 Å². The molecule has 1 fully saturated rings. The van der Waals surface area contributed by atoms with Crippen molar-refractivity contribution in [1.29, 1.82) is 0 Å². The number of hydrogen-bond acceptors (Lipinski definition) is 5. The molecule has 0 saturated carbocycles. The number of hydrogen-bond donors (Lipinski definition) is 1. The SMILES string of the molecule is COC(C)CCCn1ncn(-c2ccc(N3CCNCC3)cc2)c1=O. The minimum absolute atomic E-state index is 0.0972. The molecule has 1 aliphatic rings. The second-order valence-electron chi connectivity index (χ2n) is 6.45. The van der Waals surface area contributed by atoms with Gasteiger partial charge in [0.25, 0.3) is 0 Å². The number of anilines is 1. The number of benzene rings is 1. The average Bonchev–Trinajstić information content (AvgIpc) is 3.03. The Morgan fingerprint density at radius 2 is 1.88 bits per heavy atom. The number of nitrogens with one attached hydrogen (secondary N) is 1. The summed E-state index contributed by atoms with van der Waals surface area (Å²) in [5, 5.41) is 7.59. The monoisotopic (exact) mass is 345 g/mol. The lowest BCUT2D eigenvalue weighted by Crippen LogP contribution is -2.43. The predicted octanol–water partition coefficient (Wildman–Crippen LogP) is 1.26. The Labute approximate surface area is 148 Å². The summed E-state index contributed by atoms with van der Waals surface area (Å²) < 4.78 is 8.35. The van der Waals surface area contributed by atoms with E-state index in [1.54, 1.807) is 18.0 Å². The molecule has 3 rings (SSSR count). The zero-order chi connectivity index (χ0) is 17.6. The van der Waals surface area contributed by atoms with Gasteiger partial charge in [0.2, 0.25) is 0 Å². The van der Waals surface area contributed by atoms with Gasteiger partial charge in [-0.3, -0.25) is 0 Å². The number of nitrogens with zero attached hydrogens (tertiary/aromatic N) is 4. The molecule has 1 aromatic carbocycles. The van der Waals surface area contributed by atoms with Crippen molar-refractivity contribution in [2.24, 2.45) is 0 Å². The van der Waals surface area contributed by atoms with Gasteiger partial charge in [0, 0.05) is 45.5 Å². The second-order valence-corrected chi connectivity index (χ2v) is 6.45. The van der Waals surface area contributed by atoms with Crippen molar-refractivity contribution in [2.75, 3.05) is 38.2 Å². The summed E-state index contributed by atoms with van der Waals surface area (Å²) in [7, 11) is 1.70. The van der Waals surface area contributed by atoms with E-state index in [9.17, 15) is 4.79 Å². The van der Waals surface area contributed by atoms with Crippen LogP contribution in [0.4, 0.5) is 5.69 Å². The summed E-state index contributed by atoms with van der Waals surface area (Å²) in [6.07, 6.45) is 3.58. The summed E-state index contributed by atoms with van der Waals surface area (Å²) in [5.74, 6) is 0. The van der Waals surface area contributed by atoms with E-state index in [0.717, 1.165) is 44.7 Å². The first-order chi connectivity index (χ1) is 12.2. The van der Waals surface area contributed by atoms with Crippen molar-refractivity contribution in [1.82, 2.24) is 19.7 Å². The average molecular weight is 345 g/mol. The number of rotatable bonds is 7. The molecule has 0 bridgehead atoms. The number of ether oxygens (including phenoxy) is 1. The highest BCUT2D eigenvalue weighted by Gasteiger charge is 2.11. The van der Waals surface area contributed by atoms with Crippen LogP contribution in [0.3, 0.4) is 0 Å². The smallest absolute Gasteiger partial charge is 0.350 e. The number of methoxy groups -OCH3 is 1. The molecule has 1 saturated heterocycles. The van der Waals surface area contributed by atoms with Crippen molar-refractivity contribution >= 4 is 5.69 Å². The molecule has 1 aliphatic heterocycles. The number of piperazine rings is 1. The molecule has 7 heteroatoms. The van der Waals surface area contributed by atoms with E-state index >= 15 is 0 Å². The van der Waals surface area contributed by atoms with Gasteiger partial charge in [0.05, 0.1) is 11.8 Å². The first-order valence-corrected chi connectivity index (χ1v) is 8.92. The van der Waals surface area contributed by atoms with Crippen LogP contribution in [0.5, 0.6) is 0 Å². The molecule has 0 aliphatic carbocycles. The molecule has 25 heavy (non-hydrogen) atoms. The Hall–Kier alpha value is -2.12. The minimum atomic E-state index is -0.0972. The fourth-order valence-electron chi connectivity index (χ4n) is 3.06. The summed E-state index contributed by atoms with van der Waals surface area (Å²) in [4.78, 5) is 14.9. The largest absolute Gasteiger partial charge is 0.382 e. The lowest BCUT2D eigenvalue weighted by molar-refractivity contribution is 0.107. The molecular formula is C18H27N5O2. The summed E-state index contributed by atoms with van der Waals surface area (Å²) in [6.45, 7) is 6.68. The van der Waals surface area contributed by atoms with E-state index in [-0.39, 0.29) is 11.8 Å². The van der Waals surface area contributed by atoms with Crippen molar-refractivity contribution < 1.29 is 4.74 Å². The molecule has 1 N–H and O–H groups in total. The number of aromatic nitrogens is 3. The molecule has 1 atom stereocenters. The highest BCUT2D eigenvalue weighted by Crippen LogP contribution is 2.17. The van der Waals surface area contributed by atoms with E-state index < -0.39 is 0 Å². The van der Waals surface area contributed by atoms with Crippen molar-refractivity contribution in [3.63, 3.8) is 0 Å². The van der Waals surface area contributed by atoms with Gasteiger partial charge < -0.3 is 15.0 Å². The Bertz CT molecular complexity index is 716. The third-order valence-corrected chi connectivity index (χ3v) is 4.73. The zero-order valence-corrected chi connectivity index (χ0v) is 15.0. The van der Waals surface area contributed by atoms with Gasteiger partial charge >= 0.3 is 5.69 Å². The van der Waals surface area contributed by atoms with Gasteiger partial charge in [0.1, 0.15) is 6.33 Å². The van der Waals surface area contributed by atoms with Crippen molar-refractivity contribution in [2.45, 2.75) is 32.4 Å². The van der Waals surface area contributed by atoms with E-state index in [2.05, 4.69) is 27.4 Å². The van der Waals surface area contributed by atoms with Gasteiger partial charge in [-0.15, -0.1) is 0 Å². The first kappa shape index (κ1) is 17.7. The zero-order valence-electron chi connectivity index (χ0n) is 15.0. The fourth-order valence-corrected chi connectivity index (χ4v) is 3.06. The quantitative estimate of drug-likeness (QED) is 0.818. The molecule has 0 amide bonds. The fraction of sp³-hybridized carbons (Fsp3) is 0.556. The maximum atomic E-state index is 12.5. The molecule has 2 heterocycles. The molecular weight excluding hydrogens is 318 g/mol. The van der Waals surface area contributed by atoms with Gasteiger partial charge in [-0.1, -0.05) is 0 Å². The van der Waals surface area contributed by atoms with Crippen LogP contribution in [-0.4, -0.2) is 53.7 Å². The topological polar surface area (TPSA) is 64.3 Å². The molecule has 0 radical (unpaired) electrons. The van der Waals surface area contributed by atoms with Crippen LogP contribution < -0.4 is 15.9 Å². The van der Waals surface area contributed by atoms with Crippen LogP contribution in [0.15, 0.2) is 35.4 Å². The number of aryl methyl sites for hydroxylation is 1. The van der Waals surface area contributed by atoms with Crippen LogP contribution in [0.2, 0.25) is 0 Å². The Kier molecular flexibility index (Phi) is 5.88. The van der Waals surface area contributed by atoms with Crippen LogP contribution in [0, 0.1) is 0 Å². The Morgan fingerprint density at radius 1 is 1.20 bits per heavy atom. The molecule has 7 nitrogen and oxygen atoms in total. The van der Waals surface area contributed by atoms with Gasteiger partial charge in [-0.2, -0.15) is 5.10 Å². The normalized spacial score (nSPS) is 16.2. The third kappa shape index (κ3) is 4.29. The van der Waals surface area contributed by atoms with Crippen molar-refractivity contribution in [3.8, 4) is 5.69 Å². The second kappa shape index (κ2) is 8.31. The highest BCUT2D eigenvalue weighted by molar-refractivity contribution is 5.51. The first-order valence-electron chi connectivity index (χ1n) is 8.92. The van der Waals surface area contributed by atoms with Crippen LogP contribution in [0.1, 0.15) is 19.8 Å². The van der Waals surface area contributed by atoms with Gasteiger partial charge in [-0.25, -0.2) is 14.0 Å². The van der Waals surface area contributed by atoms with E-state index in [4.69, 9.17) is 4.74 Å². The van der Waals surface area contributed by atoms with Crippen LogP contribution in [0.25, 0.3) is 5.69 Å². The summed E-state index contributed by atoms with van der Waals surface area (Å²) in [5.41, 5.74) is 1.94. The van der Waals surface area contributed by atoms with Crippen LogP contribution in [-0.2, 0) is 11.3 Å². The van der Waals surface area contributed by atoms with Gasteiger partial charge in [-0.05, 0) is 44.0 Å². The lowest BCUT2D eigenvalue weighted by atomic mass is 10.2. The molecule has 1 aromatic heterocycles. The molecule has 136 valence electrons. The van der Waals surface area contributed by atoms with E-state index in [1.807, 2.05) is 19.1 Å². The van der Waals surface area contributed by atoms with Crippen molar-refractivity contribution in [3.05, 3.63) is 41.1 Å². The Balaban J connectivity index is 1.66. The molecule has 1 unspecified atom stereocenters. The molecule has 2 aromatic rings. The maximum Gasteiger partial charge on any atom is 0.350 e. The molecule has 0 spiro atoms. The third-order valence-electron chi connectivity index (χ3n) is 4.73.